The Morgan fingerprint density at radius 3 is 2.28 bits per heavy atom. The first-order valence-electron chi connectivity index (χ1n) is 11.1. The van der Waals surface area contributed by atoms with Gasteiger partial charge in [0.2, 0.25) is 5.91 Å². The first-order valence-corrected chi connectivity index (χ1v) is 12.0. The van der Waals surface area contributed by atoms with E-state index in [-0.39, 0.29) is 11.7 Å². The molecule has 3 rings (SSSR count). The maximum Gasteiger partial charge on any atom is 0.234 e. The molecule has 1 aliphatic rings. The Morgan fingerprint density at radius 2 is 1.62 bits per heavy atom. The van der Waals surface area contributed by atoms with Crippen LogP contribution < -0.4 is 24.4 Å². The van der Waals surface area contributed by atoms with Crippen LogP contribution in [-0.2, 0) is 9.53 Å². The largest absolute Gasteiger partial charge is 0.494 e. The maximum atomic E-state index is 12.7. The first kappa shape index (κ1) is 24.1. The lowest BCUT2D eigenvalue weighted by Gasteiger charge is -2.31. The standard InChI is InChI=1S/C24H32N2O5S/c1-4-29-18-7-9-19(10-8-18)32-17-24(27)25-20-15-23(31-6-3)21(16-22(20)30-5-2)26-11-13-28-14-12-26/h7-10,15-16H,4-6,11-14,17H2,1-3H3,(H,25,27). The fourth-order valence-electron chi connectivity index (χ4n) is 3.38. The molecule has 2 aromatic rings. The molecule has 0 aliphatic carbocycles. The van der Waals surface area contributed by atoms with Gasteiger partial charge in [0.05, 0.1) is 50.2 Å². The number of amides is 1. The SMILES string of the molecule is CCOc1ccc(SCC(=O)Nc2cc(OCC)c(N3CCOCC3)cc2OCC)cc1. The van der Waals surface area contributed by atoms with Crippen molar-refractivity contribution in [3.63, 3.8) is 0 Å². The monoisotopic (exact) mass is 460 g/mol. The maximum absolute atomic E-state index is 12.7. The summed E-state index contributed by atoms with van der Waals surface area (Å²) in [6.07, 6.45) is 0. The lowest BCUT2D eigenvalue weighted by molar-refractivity contribution is -0.113. The fourth-order valence-corrected chi connectivity index (χ4v) is 4.08. The number of morpholine rings is 1. The Balaban J connectivity index is 1.71. The summed E-state index contributed by atoms with van der Waals surface area (Å²) in [5.41, 5.74) is 1.57. The van der Waals surface area contributed by atoms with Crippen LogP contribution in [0.25, 0.3) is 0 Å². The van der Waals surface area contributed by atoms with Crippen LogP contribution >= 0.6 is 11.8 Å². The van der Waals surface area contributed by atoms with Gasteiger partial charge in [-0.3, -0.25) is 4.79 Å². The van der Waals surface area contributed by atoms with Crippen molar-refractivity contribution in [1.82, 2.24) is 0 Å². The molecule has 0 spiro atoms. The Labute approximate surface area is 194 Å². The van der Waals surface area contributed by atoms with E-state index in [0.29, 0.717) is 44.5 Å². The Kier molecular flexibility index (Phi) is 9.37. The molecule has 32 heavy (non-hydrogen) atoms. The molecule has 1 heterocycles. The van der Waals surface area contributed by atoms with Crippen molar-refractivity contribution in [3.8, 4) is 17.2 Å². The highest BCUT2D eigenvalue weighted by molar-refractivity contribution is 8.00. The number of hydrogen-bond donors (Lipinski definition) is 1. The highest BCUT2D eigenvalue weighted by Gasteiger charge is 2.20. The van der Waals surface area contributed by atoms with Crippen LogP contribution in [0.1, 0.15) is 20.8 Å². The summed E-state index contributed by atoms with van der Waals surface area (Å²) in [6.45, 7) is 10.4. The van der Waals surface area contributed by atoms with E-state index in [1.54, 1.807) is 0 Å². The zero-order valence-corrected chi connectivity index (χ0v) is 19.8. The fraction of sp³-hybridized carbons (Fsp3) is 0.458. The molecule has 2 aromatic carbocycles. The smallest absolute Gasteiger partial charge is 0.234 e. The number of benzene rings is 2. The number of nitrogens with zero attached hydrogens (tertiary/aromatic N) is 1. The molecular formula is C24H32N2O5S. The van der Waals surface area contributed by atoms with Crippen molar-refractivity contribution in [2.45, 2.75) is 25.7 Å². The van der Waals surface area contributed by atoms with Crippen LogP contribution in [0.4, 0.5) is 11.4 Å². The second kappa shape index (κ2) is 12.5. The van der Waals surface area contributed by atoms with E-state index in [1.807, 2.05) is 57.2 Å². The zero-order chi connectivity index (χ0) is 22.8. The molecule has 1 aliphatic heterocycles. The van der Waals surface area contributed by atoms with Crippen LogP contribution in [0.3, 0.4) is 0 Å². The summed E-state index contributed by atoms with van der Waals surface area (Å²) >= 11 is 1.47. The van der Waals surface area contributed by atoms with Gasteiger partial charge in [0.15, 0.2) is 0 Å². The summed E-state index contributed by atoms with van der Waals surface area (Å²) in [5, 5.41) is 2.99. The van der Waals surface area contributed by atoms with E-state index in [4.69, 9.17) is 18.9 Å². The molecule has 1 amide bonds. The van der Waals surface area contributed by atoms with E-state index >= 15 is 0 Å². The number of thioether (sulfide) groups is 1. The number of hydrogen-bond acceptors (Lipinski definition) is 7. The molecule has 0 radical (unpaired) electrons. The van der Waals surface area contributed by atoms with E-state index in [0.717, 1.165) is 35.2 Å². The van der Waals surface area contributed by atoms with Gasteiger partial charge in [0.1, 0.15) is 17.2 Å². The number of rotatable bonds is 11. The van der Waals surface area contributed by atoms with Crippen molar-refractivity contribution in [2.75, 3.05) is 62.1 Å². The highest BCUT2D eigenvalue weighted by atomic mass is 32.2. The number of carbonyl (C=O) groups excluding carboxylic acids is 1. The zero-order valence-electron chi connectivity index (χ0n) is 19.0. The average Bonchev–Trinajstić information content (AvgIpc) is 2.81. The molecule has 7 nitrogen and oxygen atoms in total. The number of carbonyl (C=O) groups is 1. The third kappa shape index (κ3) is 6.71. The molecule has 1 N–H and O–H groups in total. The first-order chi connectivity index (χ1) is 15.6. The molecule has 8 heteroatoms. The van der Waals surface area contributed by atoms with E-state index in [9.17, 15) is 4.79 Å². The minimum Gasteiger partial charge on any atom is -0.494 e. The number of nitrogens with one attached hydrogen (secondary N) is 1. The summed E-state index contributed by atoms with van der Waals surface area (Å²) in [4.78, 5) is 15.9. The van der Waals surface area contributed by atoms with Gasteiger partial charge in [-0.25, -0.2) is 0 Å². The molecule has 0 unspecified atom stereocenters. The Hall–Kier alpha value is -2.58. The minimum atomic E-state index is -0.105. The van der Waals surface area contributed by atoms with Gasteiger partial charge >= 0.3 is 0 Å². The van der Waals surface area contributed by atoms with Crippen molar-refractivity contribution >= 4 is 29.0 Å². The number of anilines is 2. The summed E-state index contributed by atoms with van der Waals surface area (Å²) in [6, 6.07) is 11.6. The highest BCUT2D eigenvalue weighted by Crippen LogP contribution is 2.39. The van der Waals surface area contributed by atoms with Gasteiger partial charge in [-0.15, -0.1) is 11.8 Å². The summed E-state index contributed by atoms with van der Waals surface area (Å²) in [7, 11) is 0. The normalized spacial score (nSPS) is 13.5. The van der Waals surface area contributed by atoms with Crippen molar-refractivity contribution in [3.05, 3.63) is 36.4 Å². The van der Waals surface area contributed by atoms with E-state index in [2.05, 4.69) is 10.2 Å². The van der Waals surface area contributed by atoms with Crippen LogP contribution in [0.15, 0.2) is 41.3 Å². The molecule has 0 atom stereocenters. The minimum absolute atomic E-state index is 0.105. The van der Waals surface area contributed by atoms with Crippen molar-refractivity contribution < 1.29 is 23.7 Å². The van der Waals surface area contributed by atoms with Crippen molar-refractivity contribution in [2.24, 2.45) is 0 Å². The van der Waals surface area contributed by atoms with E-state index < -0.39 is 0 Å². The lowest BCUT2D eigenvalue weighted by Crippen LogP contribution is -2.36. The second-order valence-electron chi connectivity index (χ2n) is 7.02. The lowest BCUT2D eigenvalue weighted by atomic mass is 10.2. The van der Waals surface area contributed by atoms with E-state index in [1.165, 1.54) is 11.8 Å². The van der Waals surface area contributed by atoms with Crippen LogP contribution in [0.2, 0.25) is 0 Å². The molecule has 174 valence electrons. The third-order valence-electron chi connectivity index (χ3n) is 4.79. The molecule has 1 fully saturated rings. The molecule has 0 saturated carbocycles. The van der Waals surface area contributed by atoms with Crippen LogP contribution in [0, 0.1) is 0 Å². The van der Waals surface area contributed by atoms with Crippen molar-refractivity contribution in [1.29, 1.82) is 0 Å². The Morgan fingerprint density at radius 1 is 0.969 bits per heavy atom. The average molecular weight is 461 g/mol. The molecular weight excluding hydrogens is 428 g/mol. The predicted octanol–water partition coefficient (Wildman–Crippen LogP) is 4.45. The molecule has 0 aromatic heterocycles. The van der Waals surface area contributed by atoms with Crippen LogP contribution in [-0.4, -0.2) is 57.8 Å². The molecule has 0 bridgehead atoms. The van der Waals surface area contributed by atoms with Gasteiger partial charge in [-0.1, -0.05) is 0 Å². The van der Waals surface area contributed by atoms with Gasteiger partial charge in [-0.2, -0.15) is 0 Å². The summed E-state index contributed by atoms with van der Waals surface area (Å²) < 4.78 is 22.7. The third-order valence-corrected chi connectivity index (χ3v) is 5.80. The Bertz CT molecular complexity index is 869. The second-order valence-corrected chi connectivity index (χ2v) is 8.07. The number of ether oxygens (including phenoxy) is 4. The van der Waals surface area contributed by atoms with Gasteiger partial charge < -0.3 is 29.2 Å². The molecule has 1 saturated heterocycles. The topological polar surface area (TPSA) is 69.3 Å². The summed E-state index contributed by atoms with van der Waals surface area (Å²) in [5.74, 6) is 2.37. The van der Waals surface area contributed by atoms with Gasteiger partial charge in [0, 0.05) is 30.1 Å². The van der Waals surface area contributed by atoms with Gasteiger partial charge in [0.25, 0.3) is 0 Å². The van der Waals surface area contributed by atoms with Gasteiger partial charge in [-0.05, 0) is 45.0 Å². The van der Waals surface area contributed by atoms with Crippen LogP contribution in [0.5, 0.6) is 17.2 Å². The quantitative estimate of drug-likeness (QED) is 0.497. The predicted molar refractivity (Wildman–Crippen MR) is 129 cm³/mol.